The third-order valence-electron chi connectivity index (χ3n) is 3.05. The first kappa shape index (κ1) is 10.9. The molecule has 0 bridgehead atoms. The summed E-state index contributed by atoms with van der Waals surface area (Å²) in [6.07, 6.45) is 0. The maximum atomic E-state index is 12.1. The minimum Gasteiger partial charge on any atom is -0.358 e. The second kappa shape index (κ2) is 3.78. The summed E-state index contributed by atoms with van der Waals surface area (Å²) in [5, 5.41) is 0.824. The quantitative estimate of drug-likeness (QED) is 0.778. The van der Waals surface area contributed by atoms with E-state index in [4.69, 9.17) is 0 Å². The van der Waals surface area contributed by atoms with Gasteiger partial charge in [-0.1, -0.05) is 26.0 Å². The fourth-order valence-electron chi connectivity index (χ4n) is 1.99. The molecule has 1 aromatic heterocycles. The monoisotopic (exact) mass is 215 g/mol. The van der Waals surface area contributed by atoms with E-state index in [1.165, 1.54) is 0 Å². The largest absolute Gasteiger partial charge is 0.358 e. The Morgan fingerprint density at radius 3 is 2.38 bits per heavy atom. The molecule has 84 valence electrons. The molecule has 2 aromatic rings. The summed E-state index contributed by atoms with van der Waals surface area (Å²) < 4.78 is 0. The van der Waals surface area contributed by atoms with Crippen molar-refractivity contribution in [2.45, 2.75) is 33.6 Å². The average molecular weight is 215 g/mol. The molecule has 16 heavy (non-hydrogen) atoms. The van der Waals surface area contributed by atoms with Gasteiger partial charge in [0.15, 0.2) is 5.43 Å². The number of rotatable bonds is 1. The van der Waals surface area contributed by atoms with Crippen LogP contribution >= 0.6 is 0 Å². The highest BCUT2D eigenvalue weighted by Crippen LogP contribution is 2.19. The summed E-state index contributed by atoms with van der Waals surface area (Å²) in [6, 6.07) is 5.78. The van der Waals surface area contributed by atoms with E-state index in [0.717, 1.165) is 27.7 Å². The van der Waals surface area contributed by atoms with Crippen molar-refractivity contribution < 1.29 is 0 Å². The first-order valence-corrected chi connectivity index (χ1v) is 5.64. The number of aryl methyl sites for hydroxylation is 2. The third kappa shape index (κ3) is 1.64. The van der Waals surface area contributed by atoms with Gasteiger partial charge in [-0.2, -0.15) is 0 Å². The number of H-pyrrole nitrogens is 1. The maximum Gasteiger partial charge on any atom is 0.189 e. The number of benzene rings is 1. The molecule has 2 heteroatoms. The van der Waals surface area contributed by atoms with Crippen LogP contribution in [0.5, 0.6) is 0 Å². The van der Waals surface area contributed by atoms with Crippen LogP contribution in [0.4, 0.5) is 0 Å². The Morgan fingerprint density at radius 1 is 1.12 bits per heavy atom. The van der Waals surface area contributed by atoms with Crippen LogP contribution in [0, 0.1) is 13.8 Å². The van der Waals surface area contributed by atoms with E-state index in [-0.39, 0.29) is 5.43 Å². The van der Waals surface area contributed by atoms with Crippen LogP contribution in [0.15, 0.2) is 23.0 Å². The molecule has 0 fully saturated rings. The van der Waals surface area contributed by atoms with Crippen molar-refractivity contribution in [1.82, 2.24) is 4.98 Å². The van der Waals surface area contributed by atoms with Crippen molar-refractivity contribution in [1.29, 1.82) is 0 Å². The third-order valence-corrected chi connectivity index (χ3v) is 3.05. The summed E-state index contributed by atoms with van der Waals surface area (Å²) in [6.45, 7) is 8.18. The molecule has 0 unspecified atom stereocenters. The molecule has 2 rings (SSSR count). The van der Waals surface area contributed by atoms with Crippen molar-refractivity contribution in [3.8, 4) is 0 Å². The lowest BCUT2D eigenvalue weighted by atomic mass is 10.0. The molecule has 0 saturated heterocycles. The van der Waals surface area contributed by atoms with Crippen LogP contribution in [0.25, 0.3) is 10.9 Å². The van der Waals surface area contributed by atoms with E-state index in [9.17, 15) is 4.79 Å². The van der Waals surface area contributed by atoms with Gasteiger partial charge in [0.1, 0.15) is 0 Å². The SMILES string of the molecule is Cc1ccc(C)c2c(=O)cc(C(C)C)[nH]c12. The topological polar surface area (TPSA) is 32.9 Å². The van der Waals surface area contributed by atoms with E-state index < -0.39 is 0 Å². The van der Waals surface area contributed by atoms with Gasteiger partial charge in [0.2, 0.25) is 0 Å². The maximum absolute atomic E-state index is 12.1. The Morgan fingerprint density at radius 2 is 1.75 bits per heavy atom. The van der Waals surface area contributed by atoms with Gasteiger partial charge in [-0.25, -0.2) is 0 Å². The minimum atomic E-state index is 0.124. The van der Waals surface area contributed by atoms with Crippen molar-refractivity contribution in [2.75, 3.05) is 0 Å². The van der Waals surface area contributed by atoms with Gasteiger partial charge in [0.05, 0.1) is 5.52 Å². The molecule has 1 aromatic carbocycles. The first-order chi connectivity index (χ1) is 7.50. The van der Waals surface area contributed by atoms with E-state index in [1.807, 2.05) is 19.9 Å². The Labute approximate surface area is 95.3 Å². The second-order valence-corrected chi connectivity index (χ2v) is 4.69. The lowest BCUT2D eigenvalue weighted by Crippen LogP contribution is -2.08. The lowest BCUT2D eigenvalue weighted by molar-refractivity contribution is 0.828. The van der Waals surface area contributed by atoms with Crippen molar-refractivity contribution in [3.05, 3.63) is 45.2 Å². The predicted molar refractivity (Wildman–Crippen MR) is 68.1 cm³/mol. The zero-order chi connectivity index (χ0) is 11.9. The van der Waals surface area contributed by atoms with Gasteiger partial charge in [-0.05, 0) is 30.9 Å². The number of hydrogen-bond acceptors (Lipinski definition) is 1. The zero-order valence-electron chi connectivity index (χ0n) is 10.2. The fraction of sp³-hybridized carbons (Fsp3) is 0.357. The lowest BCUT2D eigenvalue weighted by Gasteiger charge is -2.10. The Balaban J connectivity index is 2.92. The van der Waals surface area contributed by atoms with Crippen LogP contribution in [0.2, 0.25) is 0 Å². The molecule has 0 radical (unpaired) electrons. The van der Waals surface area contributed by atoms with Gasteiger partial charge >= 0.3 is 0 Å². The molecule has 0 spiro atoms. The summed E-state index contributed by atoms with van der Waals surface area (Å²) in [4.78, 5) is 15.4. The van der Waals surface area contributed by atoms with E-state index >= 15 is 0 Å². The Kier molecular flexibility index (Phi) is 2.58. The van der Waals surface area contributed by atoms with E-state index in [1.54, 1.807) is 6.07 Å². The van der Waals surface area contributed by atoms with Gasteiger partial charge < -0.3 is 4.98 Å². The van der Waals surface area contributed by atoms with Crippen LogP contribution in [0.3, 0.4) is 0 Å². The van der Waals surface area contributed by atoms with E-state index in [0.29, 0.717) is 5.92 Å². The standard InChI is InChI=1S/C14H17NO/c1-8(2)11-7-12(16)13-9(3)5-6-10(4)14(13)15-11/h5-8H,1-4H3,(H,15,16). The fourth-order valence-corrected chi connectivity index (χ4v) is 1.99. The highest BCUT2D eigenvalue weighted by Gasteiger charge is 2.08. The predicted octanol–water partition coefficient (Wildman–Crippen LogP) is 3.27. The summed E-state index contributed by atoms with van der Waals surface area (Å²) in [5.74, 6) is 0.344. The van der Waals surface area contributed by atoms with E-state index in [2.05, 4.69) is 24.9 Å². The van der Waals surface area contributed by atoms with Gasteiger partial charge in [-0.3, -0.25) is 4.79 Å². The number of aromatic amines is 1. The van der Waals surface area contributed by atoms with Crippen LogP contribution in [-0.4, -0.2) is 4.98 Å². The summed E-state index contributed by atoms with van der Waals surface area (Å²) in [5.41, 5.74) is 4.28. The number of hydrogen-bond donors (Lipinski definition) is 1. The Bertz CT molecular complexity index is 593. The molecule has 1 heterocycles. The molecule has 0 atom stereocenters. The highest BCUT2D eigenvalue weighted by molar-refractivity contribution is 5.84. The number of pyridine rings is 1. The molecule has 0 aliphatic rings. The van der Waals surface area contributed by atoms with Crippen molar-refractivity contribution in [2.24, 2.45) is 0 Å². The summed E-state index contributed by atoms with van der Waals surface area (Å²) in [7, 11) is 0. The Hall–Kier alpha value is -1.57. The van der Waals surface area contributed by atoms with Gasteiger partial charge in [0.25, 0.3) is 0 Å². The molecular formula is C14H17NO. The van der Waals surface area contributed by atoms with Crippen molar-refractivity contribution >= 4 is 10.9 Å². The second-order valence-electron chi connectivity index (χ2n) is 4.69. The highest BCUT2D eigenvalue weighted by atomic mass is 16.1. The number of nitrogens with one attached hydrogen (secondary N) is 1. The molecule has 0 saturated carbocycles. The molecule has 0 aliphatic heterocycles. The van der Waals surface area contributed by atoms with Crippen molar-refractivity contribution in [3.63, 3.8) is 0 Å². The zero-order valence-corrected chi connectivity index (χ0v) is 10.2. The van der Waals surface area contributed by atoms with Crippen LogP contribution in [-0.2, 0) is 0 Å². The average Bonchev–Trinajstić information content (AvgIpc) is 2.22. The smallest absolute Gasteiger partial charge is 0.189 e. The molecular weight excluding hydrogens is 198 g/mol. The number of fused-ring (bicyclic) bond motifs is 1. The van der Waals surface area contributed by atoms with Crippen LogP contribution < -0.4 is 5.43 Å². The van der Waals surface area contributed by atoms with Gasteiger partial charge in [0, 0.05) is 17.1 Å². The van der Waals surface area contributed by atoms with Crippen LogP contribution in [0.1, 0.15) is 36.6 Å². The number of aromatic nitrogens is 1. The minimum absolute atomic E-state index is 0.124. The summed E-state index contributed by atoms with van der Waals surface area (Å²) >= 11 is 0. The molecule has 2 nitrogen and oxygen atoms in total. The normalized spacial score (nSPS) is 11.3. The molecule has 0 aliphatic carbocycles. The first-order valence-electron chi connectivity index (χ1n) is 5.64. The van der Waals surface area contributed by atoms with Gasteiger partial charge in [-0.15, -0.1) is 0 Å². The molecule has 0 amide bonds. The molecule has 1 N–H and O–H groups in total.